The van der Waals surface area contributed by atoms with E-state index in [1.165, 1.54) is 0 Å². The normalized spacial score (nSPS) is 13.8. The van der Waals surface area contributed by atoms with Gasteiger partial charge in [0.25, 0.3) is 0 Å². The third-order valence-electron chi connectivity index (χ3n) is 2.22. The van der Waals surface area contributed by atoms with Gasteiger partial charge in [-0.1, -0.05) is 6.07 Å². The Morgan fingerprint density at radius 1 is 1.38 bits per heavy atom. The summed E-state index contributed by atoms with van der Waals surface area (Å²) in [4.78, 5) is 4.30. The quantitative estimate of drug-likeness (QED) is 0.777. The zero-order valence-electron chi connectivity index (χ0n) is 10.7. The van der Waals surface area contributed by atoms with Crippen LogP contribution in [0, 0.1) is 0 Å². The van der Waals surface area contributed by atoms with E-state index >= 15 is 0 Å². The Kier molecular flexibility index (Phi) is 4.90. The Bertz CT molecular complexity index is 293. The molecule has 0 aromatic carbocycles. The van der Waals surface area contributed by atoms with Gasteiger partial charge in [0, 0.05) is 18.8 Å². The number of aromatic nitrogens is 1. The van der Waals surface area contributed by atoms with Crippen molar-refractivity contribution in [3.63, 3.8) is 0 Å². The third-order valence-corrected chi connectivity index (χ3v) is 2.22. The highest BCUT2D eigenvalue weighted by Crippen LogP contribution is 2.08. The van der Waals surface area contributed by atoms with E-state index in [1.807, 2.05) is 24.4 Å². The third kappa shape index (κ3) is 5.24. The lowest BCUT2D eigenvalue weighted by atomic mass is 10.2. The number of ether oxygens (including phenoxy) is 1. The molecule has 3 heteroatoms. The van der Waals surface area contributed by atoms with E-state index in [4.69, 9.17) is 4.74 Å². The van der Waals surface area contributed by atoms with Gasteiger partial charge in [-0.05, 0) is 39.8 Å². The van der Waals surface area contributed by atoms with Gasteiger partial charge < -0.3 is 10.1 Å². The van der Waals surface area contributed by atoms with Gasteiger partial charge in [-0.25, -0.2) is 0 Å². The van der Waals surface area contributed by atoms with Crippen LogP contribution in [0.15, 0.2) is 24.4 Å². The second-order valence-electron chi connectivity index (χ2n) is 4.89. The van der Waals surface area contributed by atoms with Crippen LogP contribution >= 0.6 is 0 Å². The predicted molar refractivity (Wildman–Crippen MR) is 66.4 cm³/mol. The van der Waals surface area contributed by atoms with Crippen molar-refractivity contribution in [3.05, 3.63) is 30.1 Å². The largest absolute Gasteiger partial charge is 0.375 e. The molecule has 0 amide bonds. The van der Waals surface area contributed by atoms with E-state index in [2.05, 4.69) is 38.0 Å². The molecule has 0 saturated carbocycles. The van der Waals surface area contributed by atoms with Crippen LogP contribution in [0.2, 0.25) is 0 Å². The van der Waals surface area contributed by atoms with Gasteiger partial charge in [-0.2, -0.15) is 0 Å². The van der Waals surface area contributed by atoms with Crippen molar-refractivity contribution in [2.45, 2.75) is 39.3 Å². The van der Waals surface area contributed by atoms with Gasteiger partial charge in [0.1, 0.15) is 0 Å². The fraction of sp³-hybridized carbons (Fsp3) is 0.615. The van der Waals surface area contributed by atoms with Gasteiger partial charge in [-0.15, -0.1) is 0 Å². The van der Waals surface area contributed by atoms with E-state index < -0.39 is 0 Å². The maximum atomic E-state index is 5.63. The van der Waals surface area contributed by atoms with Crippen LogP contribution in [0.1, 0.15) is 39.4 Å². The van der Waals surface area contributed by atoms with Crippen molar-refractivity contribution >= 4 is 0 Å². The minimum absolute atomic E-state index is 0.0596. The summed E-state index contributed by atoms with van der Waals surface area (Å²) in [5.74, 6) is 0. The molecule has 0 aliphatic heterocycles. The van der Waals surface area contributed by atoms with Gasteiger partial charge >= 0.3 is 0 Å². The van der Waals surface area contributed by atoms with Crippen molar-refractivity contribution < 1.29 is 4.74 Å². The first-order valence-corrected chi connectivity index (χ1v) is 5.77. The van der Waals surface area contributed by atoms with Crippen LogP contribution in [-0.2, 0) is 4.74 Å². The van der Waals surface area contributed by atoms with Crippen molar-refractivity contribution in [1.29, 1.82) is 0 Å². The van der Waals surface area contributed by atoms with Crippen molar-refractivity contribution in [2.24, 2.45) is 0 Å². The summed E-state index contributed by atoms with van der Waals surface area (Å²) >= 11 is 0. The maximum absolute atomic E-state index is 5.63. The Hall–Kier alpha value is -0.930. The fourth-order valence-electron chi connectivity index (χ4n) is 1.37. The Morgan fingerprint density at radius 3 is 2.69 bits per heavy atom. The lowest BCUT2D eigenvalue weighted by molar-refractivity contribution is -0.00152. The molecule has 0 aliphatic carbocycles. The number of nitrogens with zero attached hydrogens (tertiary/aromatic N) is 1. The van der Waals surface area contributed by atoms with Crippen LogP contribution in [0.3, 0.4) is 0 Å². The fourth-order valence-corrected chi connectivity index (χ4v) is 1.37. The minimum Gasteiger partial charge on any atom is -0.375 e. The Labute approximate surface area is 98.2 Å². The first-order valence-electron chi connectivity index (χ1n) is 5.77. The average molecular weight is 222 g/mol. The van der Waals surface area contributed by atoms with Crippen molar-refractivity contribution in [1.82, 2.24) is 10.3 Å². The van der Waals surface area contributed by atoms with E-state index in [1.54, 1.807) is 0 Å². The molecule has 1 N–H and O–H groups in total. The second-order valence-corrected chi connectivity index (χ2v) is 4.89. The van der Waals surface area contributed by atoms with E-state index in [-0.39, 0.29) is 11.6 Å². The van der Waals surface area contributed by atoms with Crippen molar-refractivity contribution in [3.8, 4) is 0 Å². The molecule has 0 radical (unpaired) electrons. The number of nitrogens with one attached hydrogen (secondary N) is 1. The summed E-state index contributed by atoms with van der Waals surface area (Å²) in [7, 11) is 0. The zero-order valence-corrected chi connectivity index (χ0v) is 10.7. The molecule has 1 heterocycles. The number of pyridine rings is 1. The maximum Gasteiger partial charge on any atom is 0.0599 e. The van der Waals surface area contributed by atoms with Gasteiger partial charge in [0.05, 0.1) is 17.9 Å². The number of hydrogen-bond donors (Lipinski definition) is 1. The van der Waals surface area contributed by atoms with E-state index in [9.17, 15) is 0 Å². The first kappa shape index (κ1) is 13.1. The van der Waals surface area contributed by atoms with Crippen molar-refractivity contribution in [2.75, 3.05) is 13.2 Å². The van der Waals surface area contributed by atoms with Gasteiger partial charge in [0.15, 0.2) is 0 Å². The molecule has 3 nitrogen and oxygen atoms in total. The molecule has 0 aliphatic rings. The molecule has 0 saturated heterocycles. The summed E-state index contributed by atoms with van der Waals surface area (Å²) in [5.41, 5.74) is 1.01. The lowest BCUT2D eigenvalue weighted by Crippen LogP contribution is -2.28. The zero-order chi connectivity index (χ0) is 12.0. The topological polar surface area (TPSA) is 34.1 Å². The van der Waals surface area contributed by atoms with Crippen LogP contribution in [0.4, 0.5) is 0 Å². The Morgan fingerprint density at radius 2 is 2.12 bits per heavy atom. The molecule has 1 aromatic heterocycles. The molecule has 1 atom stereocenters. The van der Waals surface area contributed by atoms with Gasteiger partial charge in [0.2, 0.25) is 0 Å². The summed E-state index contributed by atoms with van der Waals surface area (Å²) in [6.45, 7) is 9.87. The number of hydrogen-bond acceptors (Lipinski definition) is 3. The predicted octanol–water partition coefficient (Wildman–Crippen LogP) is 2.55. The SMILES string of the molecule is CC(NCCOC(C)(C)C)c1ccccn1. The van der Waals surface area contributed by atoms with Gasteiger partial charge in [-0.3, -0.25) is 4.98 Å². The summed E-state index contributed by atoms with van der Waals surface area (Å²) in [6, 6.07) is 6.23. The standard InChI is InChI=1S/C13H22N2O/c1-11(12-7-5-6-8-15-12)14-9-10-16-13(2,3)4/h5-8,11,14H,9-10H2,1-4H3. The minimum atomic E-state index is -0.0596. The smallest absolute Gasteiger partial charge is 0.0599 e. The molecular weight excluding hydrogens is 200 g/mol. The highest BCUT2D eigenvalue weighted by Gasteiger charge is 2.10. The second kappa shape index (κ2) is 5.97. The lowest BCUT2D eigenvalue weighted by Gasteiger charge is -2.20. The first-order chi connectivity index (χ1) is 7.49. The monoisotopic (exact) mass is 222 g/mol. The molecular formula is C13H22N2O. The number of rotatable bonds is 5. The summed E-state index contributed by atoms with van der Waals surface area (Å²) in [5, 5.41) is 3.38. The molecule has 90 valence electrons. The summed E-state index contributed by atoms with van der Waals surface area (Å²) in [6.07, 6.45) is 1.82. The van der Waals surface area contributed by atoms with E-state index in [0.29, 0.717) is 0 Å². The molecule has 16 heavy (non-hydrogen) atoms. The molecule has 0 spiro atoms. The summed E-state index contributed by atoms with van der Waals surface area (Å²) < 4.78 is 5.63. The molecule has 1 rings (SSSR count). The molecule has 1 unspecified atom stereocenters. The molecule has 0 bridgehead atoms. The highest BCUT2D eigenvalue weighted by molar-refractivity contribution is 5.07. The highest BCUT2D eigenvalue weighted by atomic mass is 16.5. The molecule has 1 aromatic rings. The van der Waals surface area contributed by atoms with Crippen LogP contribution in [0.5, 0.6) is 0 Å². The Balaban J connectivity index is 2.24. The van der Waals surface area contributed by atoms with Crippen LogP contribution < -0.4 is 5.32 Å². The van der Waals surface area contributed by atoms with Crippen LogP contribution in [-0.4, -0.2) is 23.7 Å². The average Bonchev–Trinajstić information content (AvgIpc) is 2.24. The van der Waals surface area contributed by atoms with E-state index in [0.717, 1.165) is 18.8 Å². The molecule has 0 fully saturated rings. The van der Waals surface area contributed by atoms with Crippen LogP contribution in [0.25, 0.3) is 0 Å².